The van der Waals surface area contributed by atoms with Gasteiger partial charge < -0.3 is 20.5 Å². The molecule has 2 amide bonds. The molecule has 8 nitrogen and oxygen atoms in total. The molecule has 2 aromatic carbocycles. The minimum absolute atomic E-state index is 0.0191. The lowest BCUT2D eigenvalue weighted by molar-refractivity contribution is -0.149. The second kappa shape index (κ2) is 15.2. The molecule has 3 N–H and O–H groups in total. The van der Waals surface area contributed by atoms with Gasteiger partial charge in [-0.15, -0.1) is 0 Å². The van der Waals surface area contributed by atoms with E-state index in [0.717, 1.165) is 11.1 Å². The molecule has 0 unspecified atom stereocenters. The average molecular weight is 777 g/mol. The molecule has 2 aromatic rings. The van der Waals surface area contributed by atoms with E-state index in [-0.39, 0.29) is 45.1 Å². The highest BCUT2D eigenvalue weighted by atomic mass is 35.5. The number of benzene rings is 2. The average Bonchev–Trinajstić information content (AvgIpc) is 3.27. The lowest BCUT2D eigenvalue weighted by atomic mass is 9.95. The van der Waals surface area contributed by atoms with Gasteiger partial charge in [-0.3, -0.25) is 19.2 Å². The summed E-state index contributed by atoms with van der Waals surface area (Å²) in [6.07, 6.45) is 0. The zero-order valence-corrected chi connectivity index (χ0v) is 33.5. The molecule has 4 rings (SSSR count). The van der Waals surface area contributed by atoms with Crippen molar-refractivity contribution in [3.05, 3.63) is 78.1 Å². The maximum absolute atomic E-state index is 12.5. The lowest BCUT2D eigenvalue weighted by Crippen LogP contribution is -2.40. The summed E-state index contributed by atoms with van der Waals surface area (Å²) in [5, 5.41) is 17.1. The van der Waals surface area contributed by atoms with E-state index >= 15 is 0 Å². The molecule has 0 atom stereocenters. The number of nitrogens with one attached hydrogen (secondary N) is 2. The van der Waals surface area contributed by atoms with Gasteiger partial charge in [0.25, 0.3) is 11.8 Å². The number of aryl methyl sites for hydroxylation is 2. The maximum Gasteiger partial charge on any atom is 0.316 e. The molecule has 268 valence electrons. The van der Waals surface area contributed by atoms with Crippen molar-refractivity contribution in [2.24, 2.45) is 10.8 Å². The van der Waals surface area contributed by atoms with Crippen molar-refractivity contribution in [1.29, 1.82) is 0 Å². The van der Waals surface area contributed by atoms with Crippen LogP contribution in [0.2, 0.25) is 20.1 Å². The van der Waals surface area contributed by atoms with E-state index in [9.17, 15) is 24.3 Å². The molecule has 0 saturated carbocycles. The van der Waals surface area contributed by atoms with E-state index in [1.54, 1.807) is 93.5 Å². The number of carbonyl (C=O) groups is 4. The number of hydrogen-bond acceptors (Lipinski definition) is 6. The number of aliphatic hydroxyl groups excluding tert-OH is 1. The zero-order valence-electron chi connectivity index (χ0n) is 29.7. The van der Waals surface area contributed by atoms with Crippen LogP contribution in [0.4, 0.5) is 0 Å². The first-order chi connectivity index (χ1) is 22.0. The molecule has 0 radical (unpaired) electrons. The fraction of sp³-hybridized carbons (Fsp3) is 0.444. The Morgan fingerprint density at radius 3 is 1.39 bits per heavy atom. The van der Waals surface area contributed by atoms with Crippen molar-refractivity contribution in [2.45, 2.75) is 94.2 Å². The molecule has 0 spiro atoms. The number of ether oxygens (including phenoxy) is 1. The maximum atomic E-state index is 12.5. The van der Waals surface area contributed by atoms with Gasteiger partial charge >= 0.3 is 5.97 Å². The van der Waals surface area contributed by atoms with Crippen LogP contribution in [0, 0.1) is 24.7 Å². The Morgan fingerprint density at radius 2 is 1.04 bits per heavy atom. The summed E-state index contributed by atoms with van der Waals surface area (Å²) in [6.45, 7) is 21.2. The van der Waals surface area contributed by atoms with Crippen LogP contribution in [0.1, 0.15) is 91.5 Å². The third-order valence-corrected chi connectivity index (χ3v) is 9.37. The number of rotatable bonds is 3. The molecule has 13 heteroatoms. The standard InChI is InChI=1S/C18H21Cl2NO3.C13H13Cl2NO2.C5H9ClO/c1-9-7-12(20)10(8-11(9)19)13-14(18(5,6)21-15(13)22)24-16(23)17(2,3)4;1-6-4-9(15)7(5-8(6)14)10-11(17)13(2,3)16-12(10)18;1-5(2,3)4(6)7/h7-8H,1-6H3,(H,21,22);4-5,17H,1-3H3,(H,16,18);1-3H3. The van der Waals surface area contributed by atoms with Gasteiger partial charge in [0.15, 0.2) is 0 Å². The van der Waals surface area contributed by atoms with Crippen molar-refractivity contribution in [3.63, 3.8) is 0 Å². The van der Waals surface area contributed by atoms with Crippen LogP contribution >= 0.6 is 58.0 Å². The van der Waals surface area contributed by atoms with Crippen LogP contribution in [0.25, 0.3) is 11.1 Å². The van der Waals surface area contributed by atoms with E-state index in [0.29, 0.717) is 31.2 Å². The molecule has 0 fully saturated rings. The number of halogens is 5. The molecule has 0 aromatic heterocycles. The highest BCUT2D eigenvalue weighted by Gasteiger charge is 2.43. The Bertz CT molecular complexity index is 1760. The van der Waals surface area contributed by atoms with Gasteiger partial charge in [0.2, 0.25) is 5.24 Å². The number of carbonyl (C=O) groups excluding carboxylic acids is 4. The van der Waals surface area contributed by atoms with E-state index in [1.165, 1.54) is 0 Å². The van der Waals surface area contributed by atoms with Crippen LogP contribution in [0.15, 0.2) is 35.8 Å². The molecule has 49 heavy (non-hydrogen) atoms. The smallest absolute Gasteiger partial charge is 0.316 e. The second-order valence-corrected chi connectivity index (χ2v) is 16.9. The molecule has 2 aliphatic heterocycles. The topological polar surface area (TPSA) is 122 Å². The number of esters is 1. The first kappa shape index (κ1) is 42.4. The quantitative estimate of drug-likeness (QED) is 0.211. The predicted octanol–water partition coefficient (Wildman–Crippen LogP) is 9.79. The highest BCUT2D eigenvalue weighted by molar-refractivity contribution is 6.64. The third kappa shape index (κ3) is 10.2. The first-order valence-electron chi connectivity index (χ1n) is 15.2. The summed E-state index contributed by atoms with van der Waals surface area (Å²) in [7, 11) is 0. The zero-order chi connectivity index (χ0) is 38.2. The van der Waals surface area contributed by atoms with Crippen molar-refractivity contribution >= 4 is 92.2 Å². The van der Waals surface area contributed by atoms with Gasteiger partial charge in [-0.2, -0.15) is 0 Å². The fourth-order valence-corrected chi connectivity index (χ4v) is 5.19. The van der Waals surface area contributed by atoms with E-state index in [4.69, 9.17) is 62.7 Å². The van der Waals surface area contributed by atoms with Crippen molar-refractivity contribution in [1.82, 2.24) is 10.6 Å². The predicted molar refractivity (Wildman–Crippen MR) is 199 cm³/mol. The molecular formula is C36H43Cl5N2O6. The van der Waals surface area contributed by atoms with Crippen LogP contribution in [0.5, 0.6) is 0 Å². The molecule has 2 heterocycles. The van der Waals surface area contributed by atoms with Crippen molar-refractivity contribution in [3.8, 4) is 0 Å². The van der Waals surface area contributed by atoms with Gasteiger partial charge in [0.05, 0.1) is 27.6 Å². The summed E-state index contributed by atoms with van der Waals surface area (Å²) < 4.78 is 5.61. The Kier molecular flexibility index (Phi) is 13.2. The lowest BCUT2D eigenvalue weighted by Gasteiger charge is -2.25. The number of aliphatic hydroxyl groups is 1. The highest BCUT2D eigenvalue weighted by Crippen LogP contribution is 2.40. The van der Waals surface area contributed by atoms with Crippen molar-refractivity contribution in [2.75, 3.05) is 0 Å². The third-order valence-electron chi connectivity index (χ3n) is 7.36. The largest absolute Gasteiger partial charge is 0.509 e. The van der Waals surface area contributed by atoms with E-state index in [2.05, 4.69) is 10.6 Å². The fourth-order valence-electron chi connectivity index (χ4n) is 4.24. The molecule has 0 aliphatic carbocycles. The SMILES string of the molecule is CC(C)(C)C(=O)Cl.Cc1cc(Cl)c(C2=C(O)C(C)(C)NC2=O)cc1Cl.Cc1cc(Cl)c(C2=C(OC(=O)C(C)(C)C)C(C)(C)NC2=O)cc1Cl. The van der Waals surface area contributed by atoms with Crippen LogP contribution in [-0.2, 0) is 23.9 Å². The van der Waals surface area contributed by atoms with Gasteiger partial charge in [0.1, 0.15) is 11.5 Å². The second-order valence-electron chi connectivity index (χ2n) is 14.9. The summed E-state index contributed by atoms with van der Waals surface area (Å²) in [5.41, 5.74) is 0.272. The van der Waals surface area contributed by atoms with Crippen LogP contribution in [0.3, 0.4) is 0 Å². The Labute approximate surface area is 313 Å². The number of hydrogen-bond donors (Lipinski definition) is 3. The summed E-state index contributed by atoms with van der Waals surface area (Å²) in [4.78, 5) is 47.0. The summed E-state index contributed by atoms with van der Waals surface area (Å²) in [6, 6.07) is 6.60. The first-order valence-corrected chi connectivity index (χ1v) is 17.1. The molecule has 2 aliphatic rings. The summed E-state index contributed by atoms with van der Waals surface area (Å²) in [5.74, 6) is -0.879. The van der Waals surface area contributed by atoms with Gasteiger partial charge in [-0.1, -0.05) is 67.2 Å². The number of amides is 2. The van der Waals surface area contributed by atoms with Crippen LogP contribution < -0.4 is 10.6 Å². The summed E-state index contributed by atoms with van der Waals surface area (Å²) >= 11 is 29.8. The van der Waals surface area contributed by atoms with E-state index in [1.807, 2.05) is 13.8 Å². The minimum atomic E-state index is -0.825. The van der Waals surface area contributed by atoms with Crippen molar-refractivity contribution < 1.29 is 29.0 Å². The molecule has 0 saturated heterocycles. The molecule has 0 bridgehead atoms. The molecular weight excluding hydrogens is 734 g/mol. The monoisotopic (exact) mass is 774 g/mol. The van der Waals surface area contributed by atoms with Gasteiger partial charge in [-0.05, 0) is 109 Å². The minimum Gasteiger partial charge on any atom is -0.509 e. The Morgan fingerprint density at radius 1 is 0.673 bits per heavy atom. The Balaban J connectivity index is 0.000000293. The Hall–Kier alpha value is -2.75. The van der Waals surface area contributed by atoms with Gasteiger partial charge in [0, 0.05) is 36.6 Å². The van der Waals surface area contributed by atoms with Gasteiger partial charge in [-0.25, -0.2) is 0 Å². The normalized spacial score (nSPS) is 16.7. The van der Waals surface area contributed by atoms with Crippen LogP contribution in [-0.4, -0.2) is 39.2 Å². The van der Waals surface area contributed by atoms with E-state index < -0.39 is 22.5 Å².